The summed E-state index contributed by atoms with van der Waals surface area (Å²) in [6, 6.07) is 10.4. The molecule has 2 atom stereocenters. The molecule has 0 spiro atoms. The van der Waals surface area contributed by atoms with Gasteiger partial charge in [-0.25, -0.2) is 9.78 Å². The van der Waals surface area contributed by atoms with E-state index in [-0.39, 0.29) is 5.89 Å². The Kier molecular flexibility index (Phi) is 6.77. The Bertz CT molecular complexity index is 1020. The molecule has 2 heterocycles. The van der Waals surface area contributed by atoms with Crippen molar-refractivity contribution in [3.63, 3.8) is 0 Å². The monoisotopic (exact) mass is 446 g/mol. The first-order chi connectivity index (χ1) is 14.7. The molecule has 164 valence electrons. The molecular weight excluding hydrogens is 424 g/mol. The van der Waals surface area contributed by atoms with Gasteiger partial charge in [0.15, 0.2) is 0 Å². The van der Waals surface area contributed by atoms with E-state index in [4.69, 9.17) is 31.3 Å². The Morgan fingerprint density at radius 1 is 1.23 bits per heavy atom. The summed E-state index contributed by atoms with van der Waals surface area (Å²) in [6.45, 7) is 5.29. The molecule has 0 radical (unpaired) electrons. The Balaban J connectivity index is 1.81. The smallest absolute Gasteiger partial charge is 0.404 e. The molecule has 0 saturated carbocycles. The van der Waals surface area contributed by atoms with Gasteiger partial charge in [-0.2, -0.15) is 4.98 Å². The third kappa shape index (κ3) is 5.71. The second-order valence-electron chi connectivity index (χ2n) is 7.90. The summed E-state index contributed by atoms with van der Waals surface area (Å²) < 4.78 is 16.2. The predicted molar refractivity (Wildman–Crippen MR) is 113 cm³/mol. The Morgan fingerprint density at radius 3 is 2.48 bits per heavy atom. The van der Waals surface area contributed by atoms with Crippen molar-refractivity contribution in [3.05, 3.63) is 53.5 Å². The number of carbonyl (C=O) groups excluding carboxylic acids is 1. The van der Waals surface area contributed by atoms with Gasteiger partial charge in [0.2, 0.25) is 17.6 Å². The van der Waals surface area contributed by atoms with Crippen molar-refractivity contribution in [3.8, 4) is 23.0 Å². The Hall–Kier alpha value is -3.17. The van der Waals surface area contributed by atoms with Crippen LogP contribution in [0, 0.1) is 5.41 Å². The zero-order valence-corrected chi connectivity index (χ0v) is 18.0. The number of rotatable bonds is 7. The fraction of sp³-hybridized carbons (Fsp3) is 0.333. The van der Waals surface area contributed by atoms with Crippen molar-refractivity contribution in [2.45, 2.75) is 32.8 Å². The number of pyridine rings is 1. The zero-order valence-electron chi connectivity index (χ0n) is 17.3. The first-order valence-corrected chi connectivity index (χ1v) is 9.85. The van der Waals surface area contributed by atoms with Gasteiger partial charge in [0, 0.05) is 17.8 Å². The first-order valence-electron chi connectivity index (χ1n) is 9.48. The standard InChI is InChI=1S/C21H23ClN4O5/c1-21(2,3)17(15(11-27)30-20(23)28)19-25-18(26-31-19)12-4-7-14(8-5-12)29-16-9-6-13(22)10-24-16/h4-10,15,17,27H,11H2,1-3H3,(H2,23,28). The van der Waals surface area contributed by atoms with Gasteiger partial charge in [0.05, 0.1) is 17.5 Å². The van der Waals surface area contributed by atoms with Crippen molar-refractivity contribution in [1.82, 2.24) is 15.1 Å². The summed E-state index contributed by atoms with van der Waals surface area (Å²) in [5, 5.41) is 14.3. The highest BCUT2D eigenvalue weighted by molar-refractivity contribution is 6.30. The van der Waals surface area contributed by atoms with Crippen LogP contribution in [0.1, 0.15) is 32.6 Å². The lowest BCUT2D eigenvalue weighted by atomic mass is 9.77. The van der Waals surface area contributed by atoms with E-state index in [9.17, 15) is 9.90 Å². The average Bonchev–Trinajstić information content (AvgIpc) is 3.17. The Labute approximate surface area is 184 Å². The molecular formula is C21H23ClN4O5. The number of benzene rings is 1. The number of aliphatic hydroxyl groups is 1. The number of amides is 1. The fourth-order valence-electron chi connectivity index (χ4n) is 3.14. The molecule has 2 aromatic heterocycles. The molecule has 0 aliphatic rings. The van der Waals surface area contributed by atoms with Crippen LogP contribution in [0.5, 0.6) is 11.6 Å². The number of carbonyl (C=O) groups is 1. The third-order valence-corrected chi connectivity index (χ3v) is 4.72. The maximum Gasteiger partial charge on any atom is 0.404 e. The highest BCUT2D eigenvalue weighted by Crippen LogP contribution is 2.39. The minimum Gasteiger partial charge on any atom is -0.443 e. The van der Waals surface area contributed by atoms with Crippen LogP contribution in [-0.4, -0.2) is 39.0 Å². The maximum atomic E-state index is 11.2. The zero-order chi connectivity index (χ0) is 22.6. The normalized spacial score (nSPS) is 13.5. The molecule has 0 bridgehead atoms. The number of hydrogen-bond donors (Lipinski definition) is 2. The van der Waals surface area contributed by atoms with Crippen molar-refractivity contribution < 1.29 is 23.9 Å². The summed E-state index contributed by atoms with van der Waals surface area (Å²) in [5.74, 6) is 0.996. The molecule has 9 nitrogen and oxygen atoms in total. The molecule has 3 aromatic rings. The fourth-order valence-corrected chi connectivity index (χ4v) is 3.25. The van der Waals surface area contributed by atoms with E-state index in [1.165, 1.54) is 6.20 Å². The molecule has 0 aliphatic carbocycles. The number of aliphatic hydroxyl groups excluding tert-OH is 1. The second-order valence-corrected chi connectivity index (χ2v) is 8.34. The molecule has 2 unspecified atom stereocenters. The number of nitrogens with two attached hydrogens (primary N) is 1. The lowest BCUT2D eigenvalue weighted by Gasteiger charge is -2.32. The van der Waals surface area contributed by atoms with Crippen molar-refractivity contribution in [1.29, 1.82) is 0 Å². The molecule has 3 rings (SSSR count). The van der Waals surface area contributed by atoms with Crippen LogP contribution >= 0.6 is 11.6 Å². The topological polar surface area (TPSA) is 134 Å². The minimum atomic E-state index is -0.987. The van der Waals surface area contributed by atoms with Gasteiger partial charge in [-0.3, -0.25) is 0 Å². The quantitative estimate of drug-likeness (QED) is 0.552. The highest BCUT2D eigenvalue weighted by atomic mass is 35.5. The van der Waals surface area contributed by atoms with E-state index in [0.29, 0.717) is 28.0 Å². The van der Waals surface area contributed by atoms with Crippen LogP contribution in [0.25, 0.3) is 11.4 Å². The number of ether oxygens (including phenoxy) is 2. The lowest BCUT2D eigenvalue weighted by molar-refractivity contribution is 0.0110. The Morgan fingerprint density at radius 2 is 1.94 bits per heavy atom. The number of primary amides is 1. The molecule has 31 heavy (non-hydrogen) atoms. The van der Waals surface area contributed by atoms with E-state index >= 15 is 0 Å². The number of aromatic nitrogens is 3. The van der Waals surface area contributed by atoms with Crippen molar-refractivity contribution >= 4 is 17.7 Å². The van der Waals surface area contributed by atoms with Gasteiger partial charge in [0.25, 0.3) is 0 Å². The summed E-state index contributed by atoms with van der Waals surface area (Å²) in [5.41, 5.74) is 5.37. The van der Waals surface area contributed by atoms with E-state index in [0.717, 1.165) is 0 Å². The molecule has 10 heteroatoms. The van der Waals surface area contributed by atoms with E-state index in [1.54, 1.807) is 36.4 Å². The molecule has 1 aromatic carbocycles. The van der Waals surface area contributed by atoms with Gasteiger partial charge in [-0.1, -0.05) is 37.5 Å². The average molecular weight is 447 g/mol. The van der Waals surface area contributed by atoms with Gasteiger partial charge in [-0.05, 0) is 35.7 Å². The number of halogens is 1. The third-order valence-electron chi connectivity index (χ3n) is 4.50. The van der Waals surface area contributed by atoms with Gasteiger partial charge in [0.1, 0.15) is 11.9 Å². The number of nitrogens with zero attached hydrogens (tertiary/aromatic N) is 3. The summed E-state index contributed by atoms with van der Waals surface area (Å²) in [4.78, 5) is 19.8. The van der Waals surface area contributed by atoms with Crippen LogP contribution in [-0.2, 0) is 4.74 Å². The predicted octanol–water partition coefficient (Wildman–Crippen LogP) is 4.16. The summed E-state index contributed by atoms with van der Waals surface area (Å²) in [6.07, 6.45) is -0.411. The molecule has 0 saturated heterocycles. The first kappa shape index (κ1) is 22.5. The molecule has 3 N–H and O–H groups in total. The van der Waals surface area contributed by atoms with Crippen LogP contribution in [0.2, 0.25) is 5.02 Å². The van der Waals surface area contributed by atoms with Crippen molar-refractivity contribution in [2.75, 3.05) is 6.61 Å². The minimum absolute atomic E-state index is 0.230. The van der Waals surface area contributed by atoms with Gasteiger partial charge >= 0.3 is 6.09 Å². The van der Waals surface area contributed by atoms with Crippen LogP contribution in [0.3, 0.4) is 0 Å². The SMILES string of the molecule is CC(C)(C)C(c1nc(-c2ccc(Oc3ccc(Cl)cn3)cc2)no1)C(CO)OC(N)=O. The van der Waals surface area contributed by atoms with E-state index in [2.05, 4.69) is 15.1 Å². The van der Waals surface area contributed by atoms with Gasteiger partial charge < -0.3 is 24.8 Å². The number of hydrogen-bond acceptors (Lipinski definition) is 8. The summed E-state index contributed by atoms with van der Waals surface area (Å²) >= 11 is 5.82. The van der Waals surface area contributed by atoms with E-state index in [1.807, 2.05) is 20.8 Å². The van der Waals surface area contributed by atoms with Crippen LogP contribution < -0.4 is 10.5 Å². The van der Waals surface area contributed by atoms with Crippen molar-refractivity contribution in [2.24, 2.45) is 11.1 Å². The van der Waals surface area contributed by atoms with Gasteiger partial charge in [-0.15, -0.1) is 0 Å². The highest BCUT2D eigenvalue weighted by Gasteiger charge is 2.40. The van der Waals surface area contributed by atoms with Crippen LogP contribution in [0.15, 0.2) is 47.1 Å². The molecule has 0 fully saturated rings. The second kappa shape index (κ2) is 9.32. The molecule has 1 amide bonds. The maximum absolute atomic E-state index is 11.2. The lowest BCUT2D eigenvalue weighted by Crippen LogP contribution is -2.37. The van der Waals surface area contributed by atoms with Crippen LogP contribution in [0.4, 0.5) is 4.79 Å². The van der Waals surface area contributed by atoms with E-state index < -0.39 is 30.1 Å². The largest absolute Gasteiger partial charge is 0.443 e. The summed E-state index contributed by atoms with van der Waals surface area (Å²) in [7, 11) is 0. The molecule has 0 aliphatic heterocycles.